The van der Waals surface area contributed by atoms with Crippen molar-refractivity contribution < 1.29 is 14.4 Å². The van der Waals surface area contributed by atoms with Gasteiger partial charge in [0.25, 0.3) is 0 Å². The molecule has 1 aliphatic heterocycles. The van der Waals surface area contributed by atoms with E-state index in [0.717, 1.165) is 18.5 Å². The number of carboxylic acid groups (broad SMARTS) is 1. The highest BCUT2D eigenvalue weighted by atomic mass is 16.5. The zero-order chi connectivity index (χ0) is 17.9. The second-order valence-corrected chi connectivity index (χ2v) is 6.28. The Bertz CT molecular complexity index is 888. The standard InChI is InChI=1S/C19H18N4O3/c24-19(25)16-17(14-4-2-1-3-5-14)26-22-18(16)23-10-7-13(8-11-23)15-6-9-20-12-21-15/h1-6,9,12-13H,7-8,10-11H2,(H,24,25). The van der Waals surface area contributed by atoms with Gasteiger partial charge in [-0.1, -0.05) is 35.5 Å². The first-order valence-electron chi connectivity index (χ1n) is 8.53. The van der Waals surface area contributed by atoms with Crippen molar-refractivity contribution in [2.75, 3.05) is 18.0 Å². The molecule has 0 atom stereocenters. The van der Waals surface area contributed by atoms with Gasteiger partial charge in [-0.2, -0.15) is 0 Å². The maximum atomic E-state index is 11.9. The lowest BCUT2D eigenvalue weighted by molar-refractivity contribution is 0.0697. The van der Waals surface area contributed by atoms with Crippen LogP contribution in [0.2, 0.25) is 0 Å². The molecule has 4 rings (SSSR count). The number of piperidine rings is 1. The Morgan fingerprint density at radius 1 is 1.15 bits per heavy atom. The van der Waals surface area contributed by atoms with Gasteiger partial charge in [0.1, 0.15) is 6.33 Å². The summed E-state index contributed by atoms with van der Waals surface area (Å²) in [6, 6.07) is 11.1. The van der Waals surface area contributed by atoms with E-state index >= 15 is 0 Å². The topological polar surface area (TPSA) is 92.3 Å². The predicted molar refractivity (Wildman–Crippen MR) is 95.1 cm³/mol. The van der Waals surface area contributed by atoms with Gasteiger partial charge in [0.15, 0.2) is 17.1 Å². The van der Waals surface area contributed by atoms with Crippen LogP contribution in [0, 0.1) is 0 Å². The third kappa shape index (κ3) is 3.03. The van der Waals surface area contributed by atoms with Gasteiger partial charge in [-0.3, -0.25) is 0 Å². The van der Waals surface area contributed by atoms with Crippen molar-refractivity contribution in [1.82, 2.24) is 15.1 Å². The number of anilines is 1. The van der Waals surface area contributed by atoms with Gasteiger partial charge < -0.3 is 14.5 Å². The zero-order valence-electron chi connectivity index (χ0n) is 14.1. The van der Waals surface area contributed by atoms with Crippen LogP contribution < -0.4 is 4.90 Å². The van der Waals surface area contributed by atoms with Crippen LogP contribution >= 0.6 is 0 Å². The average molecular weight is 350 g/mol. The summed E-state index contributed by atoms with van der Waals surface area (Å²) in [4.78, 5) is 22.1. The molecule has 0 saturated carbocycles. The van der Waals surface area contributed by atoms with Crippen LogP contribution in [0.25, 0.3) is 11.3 Å². The quantitative estimate of drug-likeness (QED) is 0.772. The van der Waals surface area contributed by atoms with Crippen molar-refractivity contribution in [3.63, 3.8) is 0 Å². The monoisotopic (exact) mass is 350 g/mol. The summed E-state index contributed by atoms with van der Waals surface area (Å²) in [6.45, 7) is 1.41. The van der Waals surface area contributed by atoms with Crippen LogP contribution in [0.3, 0.4) is 0 Å². The number of carbonyl (C=O) groups is 1. The van der Waals surface area contributed by atoms with Crippen molar-refractivity contribution >= 4 is 11.8 Å². The van der Waals surface area contributed by atoms with Gasteiger partial charge in [-0.25, -0.2) is 14.8 Å². The van der Waals surface area contributed by atoms with Crippen LogP contribution in [-0.2, 0) is 0 Å². The summed E-state index contributed by atoms with van der Waals surface area (Å²) >= 11 is 0. The van der Waals surface area contributed by atoms with Crippen molar-refractivity contribution in [1.29, 1.82) is 0 Å². The summed E-state index contributed by atoms with van der Waals surface area (Å²) in [5.74, 6) is 0.0181. The van der Waals surface area contributed by atoms with Crippen molar-refractivity contribution in [3.8, 4) is 11.3 Å². The molecule has 0 bridgehead atoms. The first-order valence-corrected chi connectivity index (χ1v) is 8.53. The van der Waals surface area contributed by atoms with Gasteiger partial charge in [0.05, 0.1) is 0 Å². The molecule has 3 aromatic rings. The van der Waals surface area contributed by atoms with Crippen LogP contribution in [0.4, 0.5) is 5.82 Å². The summed E-state index contributed by atoms with van der Waals surface area (Å²) in [6.07, 6.45) is 5.07. The fraction of sp³-hybridized carbons (Fsp3) is 0.263. The second kappa shape index (κ2) is 6.95. The van der Waals surface area contributed by atoms with E-state index in [0.29, 0.717) is 36.1 Å². The molecule has 1 N–H and O–H groups in total. The fourth-order valence-electron chi connectivity index (χ4n) is 3.41. The van der Waals surface area contributed by atoms with Gasteiger partial charge in [-0.15, -0.1) is 0 Å². The number of benzene rings is 1. The number of rotatable bonds is 4. The molecule has 1 saturated heterocycles. The molecule has 2 aromatic heterocycles. The molecule has 3 heterocycles. The fourth-order valence-corrected chi connectivity index (χ4v) is 3.41. The van der Waals surface area contributed by atoms with Crippen molar-refractivity contribution in [3.05, 3.63) is 60.2 Å². The van der Waals surface area contributed by atoms with Crippen LogP contribution in [0.5, 0.6) is 0 Å². The molecule has 0 spiro atoms. The highest BCUT2D eigenvalue weighted by Gasteiger charge is 2.30. The van der Waals surface area contributed by atoms with Crippen LogP contribution in [0.15, 0.2) is 53.4 Å². The first kappa shape index (κ1) is 16.3. The lowest BCUT2D eigenvalue weighted by Gasteiger charge is -2.31. The first-order chi connectivity index (χ1) is 12.7. The molecule has 1 aromatic carbocycles. The molecule has 0 amide bonds. The predicted octanol–water partition coefficient (Wildman–Crippen LogP) is 3.21. The lowest BCUT2D eigenvalue weighted by atomic mass is 9.93. The number of carboxylic acids is 1. The van der Waals surface area contributed by atoms with Crippen molar-refractivity contribution in [2.24, 2.45) is 0 Å². The van der Waals surface area contributed by atoms with E-state index in [2.05, 4.69) is 15.1 Å². The van der Waals surface area contributed by atoms with Gasteiger partial charge >= 0.3 is 5.97 Å². The molecule has 0 unspecified atom stereocenters. The van der Waals surface area contributed by atoms with E-state index < -0.39 is 5.97 Å². The Labute approximate surface area is 150 Å². The molecule has 26 heavy (non-hydrogen) atoms. The Morgan fingerprint density at radius 2 is 1.92 bits per heavy atom. The minimum Gasteiger partial charge on any atom is -0.477 e. The smallest absolute Gasteiger partial charge is 0.343 e. The zero-order valence-corrected chi connectivity index (χ0v) is 14.1. The molecule has 132 valence electrons. The molecular weight excluding hydrogens is 332 g/mol. The summed E-state index contributed by atoms with van der Waals surface area (Å²) in [5.41, 5.74) is 1.86. The molecule has 1 aliphatic rings. The Balaban J connectivity index is 1.58. The average Bonchev–Trinajstić information content (AvgIpc) is 3.15. The largest absolute Gasteiger partial charge is 0.477 e. The third-order valence-corrected chi connectivity index (χ3v) is 4.74. The molecule has 1 fully saturated rings. The number of aromatic nitrogens is 3. The van der Waals surface area contributed by atoms with Crippen LogP contribution in [-0.4, -0.2) is 39.3 Å². The molecule has 7 nitrogen and oxygen atoms in total. The number of hydrogen-bond donors (Lipinski definition) is 1. The molecule has 0 radical (unpaired) electrons. The summed E-state index contributed by atoms with van der Waals surface area (Å²) in [7, 11) is 0. The highest BCUT2D eigenvalue weighted by molar-refractivity contribution is 5.99. The second-order valence-electron chi connectivity index (χ2n) is 6.28. The molecular formula is C19H18N4O3. The third-order valence-electron chi connectivity index (χ3n) is 4.74. The van der Waals surface area contributed by atoms with E-state index in [-0.39, 0.29) is 5.56 Å². The van der Waals surface area contributed by atoms with E-state index in [4.69, 9.17) is 4.52 Å². The van der Waals surface area contributed by atoms with Crippen molar-refractivity contribution in [2.45, 2.75) is 18.8 Å². The lowest BCUT2D eigenvalue weighted by Crippen LogP contribution is -2.34. The Hall–Kier alpha value is -3.22. The Morgan fingerprint density at radius 3 is 2.58 bits per heavy atom. The van der Waals surface area contributed by atoms with Gasteiger partial charge in [-0.05, 0) is 18.9 Å². The summed E-state index contributed by atoms with van der Waals surface area (Å²) < 4.78 is 5.41. The SMILES string of the molecule is O=C(O)c1c(N2CCC(c3ccncn3)CC2)noc1-c1ccccc1. The normalized spacial score (nSPS) is 15.2. The number of hydrogen-bond acceptors (Lipinski definition) is 6. The van der Waals surface area contributed by atoms with E-state index in [1.54, 1.807) is 12.5 Å². The van der Waals surface area contributed by atoms with E-state index in [1.807, 2.05) is 41.3 Å². The summed E-state index contributed by atoms with van der Waals surface area (Å²) in [5, 5.41) is 13.8. The molecule has 0 aliphatic carbocycles. The number of nitrogens with zero attached hydrogens (tertiary/aromatic N) is 4. The molecule has 7 heteroatoms. The van der Waals surface area contributed by atoms with Gasteiger partial charge in [0.2, 0.25) is 0 Å². The minimum atomic E-state index is -1.03. The number of aromatic carboxylic acids is 1. The van der Waals surface area contributed by atoms with E-state index in [1.165, 1.54) is 0 Å². The minimum absolute atomic E-state index is 0.122. The van der Waals surface area contributed by atoms with Crippen LogP contribution in [0.1, 0.15) is 34.8 Å². The maximum Gasteiger partial charge on any atom is 0.343 e. The van der Waals surface area contributed by atoms with Gasteiger partial charge in [0, 0.05) is 36.5 Å². The van der Waals surface area contributed by atoms with E-state index in [9.17, 15) is 9.90 Å². The Kier molecular flexibility index (Phi) is 4.35. The highest BCUT2D eigenvalue weighted by Crippen LogP contribution is 2.34. The maximum absolute atomic E-state index is 11.9.